The molecule has 0 saturated carbocycles. The summed E-state index contributed by atoms with van der Waals surface area (Å²) >= 11 is 0. The molecule has 21 heavy (non-hydrogen) atoms. The minimum atomic E-state index is -0.330. The Bertz CT molecular complexity index is 305. The quantitative estimate of drug-likeness (QED) is 0.748. The van der Waals surface area contributed by atoms with Crippen molar-refractivity contribution >= 4 is 5.91 Å². The van der Waals surface area contributed by atoms with Gasteiger partial charge in [0, 0.05) is 20.1 Å². The Kier molecular flexibility index (Phi) is 7.67. The van der Waals surface area contributed by atoms with E-state index in [0.29, 0.717) is 12.5 Å². The fraction of sp³-hybridized carbons (Fsp3) is 0.941. The molecule has 124 valence electrons. The van der Waals surface area contributed by atoms with Crippen LogP contribution in [0.3, 0.4) is 0 Å². The van der Waals surface area contributed by atoms with Gasteiger partial charge in [-0.3, -0.25) is 4.79 Å². The molecule has 1 saturated heterocycles. The second-order valence-electron chi connectivity index (χ2n) is 6.92. The smallest absolute Gasteiger partial charge is 0.229 e. The third-order valence-corrected chi connectivity index (χ3v) is 5.02. The molecule has 4 heteroatoms. The summed E-state index contributed by atoms with van der Waals surface area (Å²) in [6, 6.07) is 0. The normalized spacial score (nSPS) is 18.0. The first-order valence-electron chi connectivity index (χ1n) is 8.63. The second-order valence-corrected chi connectivity index (χ2v) is 6.92. The molecule has 0 aliphatic carbocycles. The van der Waals surface area contributed by atoms with E-state index in [-0.39, 0.29) is 11.3 Å². The molecule has 0 spiro atoms. The van der Waals surface area contributed by atoms with Crippen molar-refractivity contribution in [1.29, 1.82) is 0 Å². The number of amides is 1. The largest absolute Gasteiger partial charge is 0.345 e. The second kappa shape index (κ2) is 8.74. The highest BCUT2D eigenvalue weighted by Gasteiger charge is 2.37. The summed E-state index contributed by atoms with van der Waals surface area (Å²) < 4.78 is 0. The summed E-state index contributed by atoms with van der Waals surface area (Å²) in [7, 11) is 4.14. The molecule has 1 aliphatic heterocycles. The van der Waals surface area contributed by atoms with E-state index in [2.05, 4.69) is 25.8 Å². The van der Waals surface area contributed by atoms with Crippen LogP contribution in [0.25, 0.3) is 0 Å². The van der Waals surface area contributed by atoms with Crippen molar-refractivity contribution in [3.8, 4) is 0 Å². The van der Waals surface area contributed by atoms with Gasteiger partial charge in [0.05, 0.1) is 5.41 Å². The van der Waals surface area contributed by atoms with Gasteiger partial charge in [-0.1, -0.05) is 26.7 Å². The number of piperidine rings is 1. The lowest BCUT2D eigenvalue weighted by Crippen LogP contribution is -2.48. The van der Waals surface area contributed by atoms with Crippen LogP contribution in [0.15, 0.2) is 0 Å². The highest BCUT2D eigenvalue weighted by Crippen LogP contribution is 2.31. The van der Waals surface area contributed by atoms with E-state index in [0.717, 1.165) is 45.3 Å². The Morgan fingerprint density at radius 2 is 1.76 bits per heavy atom. The molecular weight excluding hydrogens is 262 g/mol. The average Bonchev–Trinajstić information content (AvgIpc) is 2.48. The van der Waals surface area contributed by atoms with Crippen LogP contribution < -0.4 is 5.73 Å². The predicted molar refractivity (Wildman–Crippen MR) is 89.2 cm³/mol. The van der Waals surface area contributed by atoms with Gasteiger partial charge in [-0.05, 0) is 51.7 Å². The van der Waals surface area contributed by atoms with Gasteiger partial charge in [0.15, 0.2) is 0 Å². The maximum atomic E-state index is 12.9. The van der Waals surface area contributed by atoms with Gasteiger partial charge < -0.3 is 15.5 Å². The number of likely N-dealkylation sites (tertiary alicyclic amines) is 1. The van der Waals surface area contributed by atoms with Gasteiger partial charge in [0.2, 0.25) is 5.91 Å². The molecule has 1 rings (SSSR count). The third kappa shape index (κ3) is 4.96. The number of nitrogens with two attached hydrogens (primary N) is 1. The van der Waals surface area contributed by atoms with Gasteiger partial charge in [-0.15, -0.1) is 0 Å². The van der Waals surface area contributed by atoms with E-state index in [1.807, 2.05) is 11.9 Å². The minimum Gasteiger partial charge on any atom is -0.345 e. The van der Waals surface area contributed by atoms with E-state index < -0.39 is 0 Å². The molecular formula is C17H35N3O. The lowest BCUT2D eigenvalue weighted by atomic mass is 9.77. The van der Waals surface area contributed by atoms with Gasteiger partial charge in [-0.2, -0.15) is 0 Å². The summed E-state index contributed by atoms with van der Waals surface area (Å²) in [5, 5.41) is 0. The van der Waals surface area contributed by atoms with E-state index >= 15 is 0 Å². The van der Waals surface area contributed by atoms with Crippen molar-refractivity contribution in [3.05, 3.63) is 0 Å². The number of nitrogens with zero attached hydrogens (tertiary/aromatic N) is 2. The Labute approximate surface area is 131 Å². The van der Waals surface area contributed by atoms with Crippen molar-refractivity contribution in [2.24, 2.45) is 17.1 Å². The van der Waals surface area contributed by atoms with Crippen LogP contribution in [-0.2, 0) is 4.79 Å². The van der Waals surface area contributed by atoms with E-state index in [4.69, 9.17) is 5.73 Å². The number of carbonyl (C=O) groups excluding carboxylic acids is 1. The first-order chi connectivity index (χ1) is 9.99. The summed E-state index contributed by atoms with van der Waals surface area (Å²) in [5.74, 6) is 0.918. The summed E-state index contributed by atoms with van der Waals surface area (Å²) in [4.78, 5) is 17.3. The number of hydrogen-bond donors (Lipinski definition) is 1. The standard InChI is InChI=1S/C17H35N3O/c1-5-9-17(14-18,10-6-2)16(21)20(4)13-15-7-11-19(3)12-8-15/h15H,5-14,18H2,1-4H3. The molecule has 1 fully saturated rings. The monoisotopic (exact) mass is 297 g/mol. The van der Waals surface area contributed by atoms with Crippen LogP contribution in [0.5, 0.6) is 0 Å². The highest BCUT2D eigenvalue weighted by atomic mass is 16.2. The van der Waals surface area contributed by atoms with Crippen molar-refractivity contribution < 1.29 is 4.79 Å². The van der Waals surface area contributed by atoms with E-state index in [1.165, 1.54) is 12.8 Å². The maximum absolute atomic E-state index is 12.9. The first-order valence-corrected chi connectivity index (χ1v) is 8.63. The molecule has 1 heterocycles. The van der Waals surface area contributed by atoms with Crippen LogP contribution >= 0.6 is 0 Å². The Morgan fingerprint density at radius 1 is 1.24 bits per heavy atom. The van der Waals surface area contributed by atoms with E-state index in [1.54, 1.807) is 0 Å². The lowest BCUT2D eigenvalue weighted by Gasteiger charge is -2.37. The summed E-state index contributed by atoms with van der Waals surface area (Å²) in [6.07, 6.45) is 6.26. The fourth-order valence-corrected chi connectivity index (χ4v) is 3.71. The minimum absolute atomic E-state index is 0.271. The number of carbonyl (C=O) groups is 1. The van der Waals surface area contributed by atoms with Crippen molar-refractivity contribution in [2.45, 2.75) is 52.4 Å². The average molecular weight is 297 g/mol. The molecule has 0 unspecified atom stereocenters. The topological polar surface area (TPSA) is 49.6 Å². The van der Waals surface area contributed by atoms with Crippen molar-refractivity contribution in [3.63, 3.8) is 0 Å². The Balaban J connectivity index is 2.64. The van der Waals surface area contributed by atoms with Crippen LogP contribution in [0, 0.1) is 11.3 Å². The van der Waals surface area contributed by atoms with Gasteiger partial charge in [0.25, 0.3) is 0 Å². The zero-order chi connectivity index (χ0) is 15.9. The lowest BCUT2D eigenvalue weighted by molar-refractivity contribution is -0.142. The zero-order valence-corrected chi connectivity index (χ0v) is 14.5. The predicted octanol–water partition coefficient (Wildman–Crippen LogP) is 2.33. The Morgan fingerprint density at radius 3 is 2.19 bits per heavy atom. The summed E-state index contributed by atoms with van der Waals surface area (Å²) in [6.45, 7) is 7.96. The van der Waals surface area contributed by atoms with Crippen molar-refractivity contribution in [2.75, 3.05) is 40.3 Å². The third-order valence-electron chi connectivity index (χ3n) is 5.02. The Hall–Kier alpha value is -0.610. The molecule has 0 atom stereocenters. The molecule has 1 amide bonds. The molecule has 0 aromatic rings. The van der Waals surface area contributed by atoms with Crippen LogP contribution in [0.1, 0.15) is 52.4 Å². The molecule has 1 aliphatic rings. The fourth-order valence-electron chi connectivity index (χ4n) is 3.71. The first kappa shape index (κ1) is 18.4. The zero-order valence-electron chi connectivity index (χ0n) is 14.5. The van der Waals surface area contributed by atoms with Crippen LogP contribution in [0.2, 0.25) is 0 Å². The van der Waals surface area contributed by atoms with Crippen LogP contribution in [0.4, 0.5) is 0 Å². The SMILES string of the molecule is CCCC(CN)(CCC)C(=O)N(C)CC1CCN(C)CC1. The molecule has 0 aromatic heterocycles. The molecule has 2 N–H and O–H groups in total. The van der Waals surface area contributed by atoms with Gasteiger partial charge in [-0.25, -0.2) is 0 Å². The van der Waals surface area contributed by atoms with Crippen LogP contribution in [-0.4, -0.2) is 56.0 Å². The molecule has 0 radical (unpaired) electrons. The number of hydrogen-bond acceptors (Lipinski definition) is 3. The summed E-state index contributed by atoms with van der Waals surface area (Å²) in [5.41, 5.74) is 5.69. The maximum Gasteiger partial charge on any atom is 0.229 e. The van der Waals surface area contributed by atoms with Crippen molar-refractivity contribution in [1.82, 2.24) is 9.80 Å². The number of rotatable bonds is 8. The van der Waals surface area contributed by atoms with E-state index in [9.17, 15) is 4.79 Å². The molecule has 0 aromatic carbocycles. The molecule has 0 bridgehead atoms. The highest BCUT2D eigenvalue weighted by molar-refractivity contribution is 5.82. The van der Waals surface area contributed by atoms with Gasteiger partial charge >= 0.3 is 0 Å². The molecule has 4 nitrogen and oxygen atoms in total. The van der Waals surface area contributed by atoms with Gasteiger partial charge in [0.1, 0.15) is 0 Å².